The summed E-state index contributed by atoms with van der Waals surface area (Å²) in [7, 11) is 0. The fraction of sp³-hybridized carbons (Fsp3) is 0.294. The van der Waals surface area contributed by atoms with Gasteiger partial charge < -0.3 is 10.2 Å². The Morgan fingerprint density at radius 1 is 0.895 bits per heavy atom. The van der Waals surface area contributed by atoms with Gasteiger partial charge in [0, 0.05) is 0 Å². The molecule has 2 aromatic rings. The second-order valence-corrected chi connectivity index (χ2v) is 5.10. The van der Waals surface area contributed by atoms with Gasteiger partial charge in [-0.3, -0.25) is 0 Å². The summed E-state index contributed by atoms with van der Waals surface area (Å²) in [5, 5.41) is 18.7. The van der Waals surface area contributed by atoms with E-state index < -0.39 is 6.10 Å². The molecular formula is C17H20O2. The number of hydrogen-bond acceptors (Lipinski definition) is 2. The summed E-state index contributed by atoms with van der Waals surface area (Å²) >= 11 is 0. The first-order valence-electron chi connectivity index (χ1n) is 6.61. The molecule has 100 valence electrons. The molecule has 0 saturated carbocycles. The Balaban J connectivity index is 2.39. The van der Waals surface area contributed by atoms with E-state index in [4.69, 9.17) is 5.11 Å². The molecule has 0 aliphatic heterocycles. The number of rotatable bonds is 4. The van der Waals surface area contributed by atoms with Gasteiger partial charge >= 0.3 is 0 Å². The largest absolute Gasteiger partial charge is 0.393 e. The van der Waals surface area contributed by atoms with E-state index in [1.165, 1.54) is 5.56 Å². The predicted octanol–water partition coefficient (Wildman–Crippen LogP) is 3.50. The van der Waals surface area contributed by atoms with Crippen molar-refractivity contribution < 1.29 is 10.2 Å². The van der Waals surface area contributed by atoms with Crippen LogP contribution in [0, 0.1) is 0 Å². The van der Waals surface area contributed by atoms with Crippen molar-refractivity contribution in [2.45, 2.75) is 25.9 Å². The zero-order chi connectivity index (χ0) is 13.8. The Hall–Kier alpha value is -1.64. The summed E-state index contributed by atoms with van der Waals surface area (Å²) in [6, 6.07) is 16.1. The Kier molecular flexibility index (Phi) is 4.35. The molecular weight excluding hydrogens is 236 g/mol. The van der Waals surface area contributed by atoms with Crippen molar-refractivity contribution in [3.05, 3.63) is 59.7 Å². The van der Waals surface area contributed by atoms with Crippen molar-refractivity contribution in [2.24, 2.45) is 0 Å². The molecule has 0 spiro atoms. The highest BCUT2D eigenvalue weighted by atomic mass is 16.3. The van der Waals surface area contributed by atoms with Gasteiger partial charge in [-0.05, 0) is 34.2 Å². The first-order valence-corrected chi connectivity index (χ1v) is 6.61. The zero-order valence-corrected chi connectivity index (χ0v) is 11.4. The molecule has 2 aromatic carbocycles. The summed E-state index contributed by atoms with van der Waals surface area (Å²) in [5.74, 6) is 0.492. The summed E-state index contributed by atoms with van der Waals surface area (Å²) in [4.78, 5) is 0. The summed E-state index contributed by atoms with van der Waals surface area (Å²) < 4.78 is 0. The van der Waals surface area contributed by atoms with Crippen LogP contribution in [0.3, 0.4) is 0 Å². The Bertz CT molecular complexity index is 546. The van der Waals surface area contributed by atoms with Crippen LogP contribution in [0.5, 0.6) is 0 Å². The molecule has 2 heteroatoms. The highest BCUT2D eigenvalue weighted by Gasteiger charge is 2.08. The van der Waals surface area contributed by atoms with Crippen LogP contribution in [0.2, 0.25) is 0 Å². The van der Waals surface area contributed by atoms with Crippen molar-refractivity contribution in [1.29, 1.82) is 0 Å². The Labute approximate surface area is 114 Å². The number of benzene rings is 2. The van der Waals surface area contributed by atoms with E-state index in [-0.39, 0.29) is 6.61 Å². The lowest BCUT2D eigenvalue weighted by molar-refractivity contribution is 0.0956. The van der Waals surface area contributed by atoms with E-state index in [0.717, 1.165) is 16.7 Å². The second kappa shape index (κ2) is 6.00. The quantitative estimate of drug-likeness (QED) is 0.879. The van der Waals surface area contributed by atoms with Crippen molar-refractivity contribution in [1.82, 2.24) is 0 Å². The monoisotopic (exact) mass is 256 g/mol. The lowest BCUT2D eigenvalue weighted by Crippen LogP contribution is -2.02. The Morgan fingerprint density at radius 2 is 1.42 bits per heavy atom. The molecule has 19 heavy (non-hydrogen) atoms. The lowest BCUT2D eigenvalue weighted by Gasteiger charge is -2.11. The van der Waals surface area contributed by atoms with Gasteiger partial charge in [0.15, 0.2) is 0 Å². The molecule has 0 heterocycles. The topological polar surface area (TPSA) is 40.5 Å². The minimum atomic E-state index is -0.812. The minimum Gasteiger partial charge on any atom is -0.393 e. The molecule has 0 fully saturated rings. The smallest absolute Gasteiger partial charge is 0.102 e. The maximum Gasteiger partial charge on any atom is 0.102 e. The summed E-state index contributed by atoms with van der Waals surface area (Å²) in [5.41, 5.74) is 4.24. The molecule has 0 aromatic heterocycles. The van der Waals surface area contributed by atoms with Gasteiger partial charge in [0.1, 0.15) is 6.10 Å². The van der Waals surface area contributed by atoms with Crippen molar-refractivity contribution in [3.63, 3.8) is 0 Å². The molecule has 0 radical (unpaired) electrons. The van der Waals surface area contributed by atoms with Gasteiger partial charge in [0.05, 0.1) is 6.61 Å². The van der Waals surface area contributed by atoms with E-state index in [0.29, 0.717) is 5.92 Å². The third kappa shape index (κ3) is 3.22. The molecule has 0 amide bonds. The zero-order valence-electron chi connectivity index (χ0n) is 11.4. The fourth-order valence-corrected chi connectivity index (χ4v) is 2.11. The third-order valence-electron chi connectivity index (χ3n) is 3.33. The second-order valence-electron chi connectivity index (χ2n) is 5.10. The van der Waals surface area contributed by atoms with Crippen LogP contribution in [0.15, 0.2) is 48.5 Å². The van der Waals surface area contributed by atoms with Crippen LogP contribution in [0.25, 0.3) is 11.1 Å². The van der Waals surface area contributed by atoms with E-state index in [9.17, 15) is 5.11 Å². The van der Waals surface area contributed by atoms with E-state index in [1.54, 1.807) is 0 Å². The molecule has 2 rings (SSSR count). The van der Waals surface area contributed by atoms with Crippen molar-refractivity contribution >= 4 is 0 Å². The van der Waals surface area contributed by atoms with Gasteiger partial charge in [0.25, 0.3) is 0 Å². The average molecular weight is 256 g/mol. The van der Waals surface area contributed by atoms with Crippen LogP contribution in [-0.2, 0) is 0 Å². The molecule has 0 aliphatic carbocycles. The average Bonchev–Trinajstić information content (AvgIpc) is 2.46. The first kappa shape index (κ1) is 13.8. The first-order chi connectivity index (χ1) is 9.11. The number of hydrogen-bond donors (Lipinski definition) is 2. The molecule has 1 atom stereocenters. The maximum atomic E-state index is 9.69. The Morgan fingerprint density at radius 3 is 1.95 bits per heavy atom. The van der Waals surface area contributed by atoms with Crippen molar-refractivity contribution in [3.8, 4) is 11.1 Å². The van der Waals surface area contributed by atoms with Gasteiger partial charge in [-0.15, -0.1) is 0 Å². The highest BCUT2D eigenvalue weighted by molar-refractivity contribution is 5.65. The predicted molar refractivity (Wildman–Crippen MR) is 78.0 cm³/mol. The lowest BCUT2D eigenvalue weighted by atomic mass is 9.96. The normalized spacial score (nSPS) is 12.7. The maximum absolute atomic E-state index is 9.69. The molecule has 0 aliphatic rings. The van der Waals surface area contributed by atoms with Crippen LogP contribution in [0.4, 0.5) is 0 Å². The number of aliphatic hydroxyl groups excluding tert-OH is 2. The number of aliphatic hydroxyl groups is 2. The van der Waals surface area contributed by atoms with E-state index in [2.05, 4.69) is 38.1 Å². The SMILES string of the molecule is CC(C)c1cccc(-c2cccc(C(O)CO)c2)c1. The van der Waals surface area contributed by atoms with Gasteiger partial charge in [0.2, 0.25) is 0 Å². The van der Waals surface area contributed by atoms with E-state index in [1.807, 2.05) is 24.3 Å². The van der Waals surface area contributed by atoms with Gasteiger partial charge in [-0.2, -0.15) is 0 Å². The van der Waals surface area contributed by atoms with Crippen molar-refractivity contribution in [2.75, 3.05) is 6.61 Å². The fourth-order valence-electron chi connectivity index (χ4n) is 2.11. The standard InChI is InChI=1S/C17H20O2/c1-12(2)13-5-3-6-14(9-13)15-7-4-8-16(10-15)17(19)11-18/h3-10,12,17-19H,11H2,1-2H3. The van der Waals surface area contributed by atoms with Gasteiger partial charge in [-0.25, -0.2) is 0 Å². The van der Waals surface area contributed by atoms with Gasteiger partial charge in [-0.1, -0.05) is 56.3 Å². The molecule has 0 bridgehead atoms. The molecule has 1 unspecified atom stereocenters. The summed E-state index contributed by atoms with van der Waals surface area (Å²) in [6.07, 6.45) is -0.812. The molecule has 0 saturated heterocycles. The van der Waals surface area contributed by atoms with Crippen LogP contribution >= 0.6 is 0 Å². The molecule has 2 nitrogen and oxygen atoms in total. The van der Waals surface area contributed by atoms with Crippen LogP contribution < -0.4 is 0 Å². The third-order valence-corrected chi connectivity index (χ3v) is 3.33. The molecule has 2 N–H and O–H groups in total. The highest BCUT2D eigenvalue weighted by Crippen LogP contribution is 2.26. The minimum absolute atomic E-state index is 0.254. The summed E-state index contributed by atoms with van der Waals surface area (Å²) in [6.45, 7) is 4.09. The van der Waals surface area contributed by atoms with Crippen LogP contribution in [0.1, 0.15) is 37.0 Å². The van der Waals surface area contributed by atoms with Crippen LogP contribution in [-0.4, -0.2) is 16.8 Å². The van der Waals surface area contributed by atoms with E-state index >= 15 is 0 Å².